The van der Waals surface area contributed by atoms with Crippen LogP contribution in [0.2, 0.25) is 0 Å². The van der Waals surface area contributed by atoms with Crippen LogP contribution in [0, 0.1) is 0 Å². The molecule has 0 atom stereocenters. The topological polar surface area (TPSA) is 45.7 Å². The molecule has 5 nitrogen and oxygen atoms in total. The quantitative estimate of drug-likeness (QED) is 0.813. The second-order valence-electron chi connectivity index (χ2n) is 5.47. The van der Waals surface area contributed by atoms with Crippen LogP contribution < -0.4 is 0 Å². The molecule has 3 rings (SSSR count). The molecule has 0 radical (unpaired) electrons. The molecule has 23 heavy (non-hydrogen) atoms. The fraction of sp³-hybridized carbons (Fsp3) is 0.412. The van der Waals surface area contributed by atoms with Gasteiger partial charge in [-0.1, -0.05) is 18.2 Å². The third kappa shape index (κ3) is 4.60. The van der Waals surface area contributed by atoms with E-state index >= 15 is 0 Å². The van der Waals surface area contributed by atoms with Crippen LogP contribution in [0.5, 0.6) is 0 Å². The molecule has 1 aromatic heterocycles. The molecule has 0 N–H and O–H groups in total. The predicted octanol–water partition coefficient (Wildman–Crippen LogP) is 2.12. The van der Waals surface area contributed by atoms with Crippen molar-refractivity contribution in [2.75, 3.05) is 39.4 Å². The van der Waals surface area contributed by atoms with Gasteiger partial charge in [0.25, 0.3) is 5.91 Å². The van der Waals surface area contributed by atoms with Crippen molar-refractivity contribution in [1.82, 2.24) is 14.8 Å². The van der Waals surface area contributed by atoms with Gasteiger partial charge in [-0.25, -0.2) is 4.98 Å². The molecular weight excluding hydrogens is 310 g/mol. The molecule has 2 aromatic rings. The van der Waals surface area contributed by atoms with Gasteiger partial charge in [-0.3, -0.25) is 9.69 Å². The number of hydrogen-bond acceptors (Lipinski definition) is 5. The second kappa shape index (κ2) is 8.19. The molecule has 1 aliphatic heterocycles. The number of aromatic nitrogens is 1. The highest BCUT2D eigenvalue weighted by Crippen LogP contribution is 2.12. The Morgan fingerprint density at radius 3 is 2.74 bits per heavy atom. The summed E-state index contributed by atoms with van der Waals surface area (Å²) in [5.41, 5.74) is 0.728. The number of carbonyl (C=O) groups excluding carboxylic acids is 1. The number of amides is 1. The molecular formula is C17H21N3O2S. The Hall–Kier alpha value is -1.76. The number of thiazole rings is 1. The number of benzene rings is 1. The first kappa shape index (κ1) is 16.1. The average Bonchev–Trinajstić information content (AvgIpc) is 3.13. The molecule has 1 aromatic carbocycles. The standard InChI is InChI=1S/C17H21N3O2S/c21-17(15-4-2-1-3-5-15)20(14-16-18-6-13-23-16)8-7-19-9-11-22-12-10-19/h1-6,13H,7-12,14H2. The van der Waals surface area contributed by atoms with Gasteiger partial charge in [0.15, 0.2) is 0 Å². The van der Waals surface area contributed by atoms with Gasteiger partial charge >= 0.3 is 0 Å². The zero-order chi connectivity index (χ0) is 15.9. The molecule has 6 heteroatoms. The summed E-state index contributed by atoms with van der Waals surface area (Å²) in [4.78, 5) is 21.4. The molecule has 0 spiro atoms. The van der Waals surface area contributed by atoms with Crippen molar-refractivity contribution in [3.05, 3.63) is 52.5 Å². The summed E-state index contributed by atoms with van der Waals surface area (Å²) >= 11 is 1.59. The van der Waals surface area contributed by atoms with Crippen molar-refractivity contribution in [1.29, 1.82) is 0 Å². The van der Waals surface area contributed by atoms with Gasteiger partial charge in [0.2, 0.25) is 0 Å². The largest absolute Gasteiger partial charge is 0.379 e. The number of ether oxygens (including phenoxy) is 1. The van der Waals surface area contributed by atoms with Crippen LogP contribution in [0.15, 0.2) is 41.9 Å². The fourth-order valence-corrected chi connectivity index (χ4v) is 3.23. The molecule has 1 fully saturated rings. The van der Waals surface area contributed by atoms with Gasteiger partial charge in [0.1, 0.15) is 5.01 Å². The first-order valence-electron chi connectivity index (χ1n) is 7.86. The minimum absolute atomic E-state index is 0.0639. The third-order valence-electron chi connectivity index (χ3n) is 3.91. The van der Waals surface area contributed by atoms with Crippen molar-refractivity contribution in [2.24, 2.45) is 0 Å². The van der Waals surface area contributed by atoms with E-state index in [1.165, 1.54) is 0 Å². The Bertz CT molecular complexity index is 598. The SMILES string of the molecule is O=C(c1ccccc1)N(CCN1CCOCC1)Cc1nccs1. The van der Waals surface area contributed by atoms with Crippen LogP contribution in [-0.2, 0) is 11.3 Å². The minimum atomic E-state index is 0.0639. The van der Waals surface area contributed by atoms with Gasteiger partial charge in [0, 0.05) is 43.3 Å². The summed E-state index contributed by atoms with van der Waals surface area (Å²) in [7, 11) is 0. The Morgan fingerprint density at radius 2 is 2.04 bits per heavy atom. The van der Waals surface area contributed by atoms with Crippen LogP contribution in [0.1, 0.15) is 15.4 Å². The molecule has 0 aliphatic carbocycles. The number of morpholine rings is 1. The van der Waals surface area contributed by atoms with Crippen LogP contribution in [0.3, 0.4) is 0 Å². The molecule has 1 aliphatic rings. The van der Waals surface area contributed by atoms with Gasteiger partial charge in [-0.05, 0) is 12.1 Å². The van der Waals surface area contributed by atoms with E-state index < -0.39 is 0 Å². The highest BCUT2D eigenvalue weighted by Gasteiger charge is 2.19. The monoisotopic (exact) mass is 331 g/mol. The maximum Gasteiger partial charge on any atom is 0.254 e. The van der Waals surface area contributed by atoms with E-state index in [9.17, 15) is 4.79 Å². The van der Waals surface area contributed by atoms with Gasteiger partial charge < -0.3 is 9.64 Å². The van der Waals surface area contributed by atoms with Crippen LogP contribution in [0.4, 0.5) is 0 Å². The molecule has 1 saturated heterocycles. The lowest BCUT2D eigenvalue weighted by Crippen LogP contribution is -2.42. The van der Waals surface area contributed by atoms with Crippen molar-refractivity contribution < 1.29 is 9.53 Å². The lowest BCUT2D eigenvalue weighted by molar-refractivity contribution is 0.0320. The summed E-state index contributed by atoms with van der Waals surface area (Å²) in [5, 5.41) is 2.92. The highest BCUT2D eigenvalue weighted by molar-refractivity contribution is 7.09. The van der Waals surface area contributed by atoms with E-state index in [1.54, 1.807) is 17.5 Å². The molecule has 0 saturated carbocycles. The summed E-state index contributed by atoms with van der Waals surface area (Å²) in [6, 6.07) is 9.46. The Kier molecular flexibility index (Phi) is 5.74. The maximum atomic E-state index is 12.8. The van der Waals surface area contributed by atoms with Crippen molar-refractivity contribution >= 4 is 17.2 Å². The van der Waals surface area contributed by atoms with E-state index in [0.29, 0.717) is 13.1 Å². The lowest BCUT2D eigenvalue weighted by atomic mass is 10.2. The van der Waals surface area contributed by atoms with Crippen molar-refractivity contribution in [3.63, 3.8) is 0 Å². The van der Waals surface area contributed by atoms with Gasteiger partial charge in [-0.15, -0.1) is 11.3 Å². The van der Waals surface area contributed by atoms with Crippen LogP contribution >= 0.6 is 11.3 Å². The number of rotatable bonds is 6. The maximum absolute atomic E-state index is 12.8. The first-order chi connectivity index (χ1) is 11.3. The minimum Gasteiger partial charge on any atom is -0.379 e. The fourth-order valence-electron chi connectivity index (χ4n) is 2.60. The zero-order valence-corrected chi connectivity index (χ0v) is 13.9. The van der Waals surface area contributed by atoms with Crippen LogP contribution in [0.25, 0.3) is 0 Å². The molecule has 0 bridgehead atoms. The summed E-state index contributed by atoms with van der Waals surface area (Å²) in [6.45, 7) is 5.56. The number of carbonyl (C=O) groups is 1. The summed E-state index contributed by atoms with van der Waals surface area (Å²) < 4.78 is 5.38. The molecule has 1 amide bonds. The van der Waals surface area contributed by atoms with Gasteiger partial charge in [-0.2, -0.15) is 0 Å². The van der Waals surface area contributed by atoms with E-state index in [2.05, 4.69) is 9.88 Å². The summed E-state index contributed by atoms with van der Waals surface area (Å²) in [6.07, 6.45) is 1.78. The highest BCUT2D eigenvalue weighted by atomic mass is 32.1. The van der Waals surface area contributed by atoms with E-state index in [-0.39, 0.29) is 5.91 Å². The van der Waals surface area contributed by atoms with Crippen molar-refractivity contribution in [3.8, 4) is 0 Å². The molecule has 122 valence electrons. The lowest BCUT2D eigenvalue weighted by Gasteiger charge is -2.30. The van der Waals surface area contributed by atoms with E-state index in [4.69, 9.17) is 4.74 Å². The van der Waals surface area contributed by atoms with Crippen molar-refractivity contribution in [2.45, 2.75) is 6.54 Å². The molecule has 2 heterocycles. The average molecular weight is 331 g/mol. The number of hydrogen-bond donors (Lipinski definition) is 0. The zero-order valence-electron chi connectivity index (χ0n) is 13.1. The van der Waals surface area contributed by atoms with E-state index in [1.807, 2.05) is 40.6 Å². The normalized spacial score (nSPS) is 15.5. The molecule has 0 unspecified atom stereocenters. The Balaban J connectivity index is 1.66. The number of nitrogens with zero attached hydrogens (tertiary/aromatic N) is 3. The second-order valence-corrected chi connectivity index (χ2v) is 6.45. The Morgan fingerprint density at radius 1 is 1.26 bits per heavy atom. The van der Waals surface area contributed by atoms with Crippen LogP contribution in [-0.4, -0.2) is 60.1 Å². The third-order valence-corrected chi connectivity index (χ3v) is 4.67. The smallest absolute Gasteiger partial charge is 0.254 e. The van der Waals surface area contributed by atoms with E-state index in [0.717, 1.165) is 43.4 Å². The van der Waals surface area contributed by atoms with Gasteiger partial charge in [0.05, 0.1) is 19.8 Å². The first-order valence-corrected chi connectivity index (χ1v) is 8.74. The Labute approximate surface area is 140 Å². The predicted molar refractivity (Wildman–Crippen MR) is 90.6 cm³/mol. The summed E-state index contributed by atoms with van der Waals surface area (Å²) in [5.74, 6) is 0.0639.